The molecule has 2 atom stereocenters. The number of piperidine rings is 1. The Bertz CT molecular complexity index is 1520. The lowest BCUT2D eigenvalue weighted by Gasteiger charge is -2.39. The van der Waals surface area contributed by atoms with Crippen molar-refractivity contribution in [2.75, 3.05) is 36.5 Å². The zero-order valence-corrected chi connectivity index (χ0v) is 23.3. The van der Waals surface area contributed by atoms with Crippen LogP contribution in [0.15, 0.2) is 48.9 Å². The van der Waals surface area contributed by atoms with Crippen LogP contribution >= 0.6 is 11.6 Å². The summed E-state index contributed by atoms with van der Waals surface area (Å²) >= 11 is 6.71. The fourth-order valence-electron chi connectivity index (χ4n) is 6.43. The van der Waals surface area contributed by atoms with E-state index in [0.29, 0.717) is 12.6 Å². The van der Waals surface area contributed by atoms with Gasteiger partial charge in [0.05, 0.1) is 35.8 Å². The summed E-state index contributed by atoms with van der Waals surface area (Å²) in [6.07, 6.45) is 7.02. The Kier molecular flexibility index (Phi) is 6.32. The summed E-state index contributed by atoms with van der Waals surface area (Å²) in [5, 5.41) is 3.03. The molecule has 9 heteroatoms. The Morgan fingerprint density at radius 3 is 2.77 bits per heavy atom. The maximum Gasteiger partial charge on any atom is 0.318 e. The molecule has 0 saturated carbocycles. The molecule has 0 aliphatic carbocycles. The predicted molar refractivity (Wildman–Crippen MR) is 155 cm³/mol. The number of benzene rings is 2. The molecule has 2 aromatic carbocycles. The van der Waals surface area contributed by atoms with Crippen LogP contribution in [-0.4, -0.2) is 63.2 Å². The van der Waals surface area contributed by atoms with Gasteiger partial charge in [-0.25, -0.2) is 4.98 Å². The highest BCUT2D eigenvalue weighted by atomic mass is 35.5. The van der Waals surface area contributed by atoms with Crippen molar-refractivity contribution in [2.45, 2.75) is 58.0 Å². The minimum absolute atomic E-state index is 0.103. The van der Waals surface area contributed by atoms with Crippen molar-refractivity contribution in [2.24, 2.45) is 0 Å². The molecule has 3 aliphatic rings. The van der Waals surface area contributed by atoms with Crippen LogP contribution in [0.1, 0.15) is 36.7 Å². The van der Waals surface area contributed by atoms with Crippen LogP contribution in [-0.2, 0) is 26.1 Å². The third kappa shape index (κ3) is 4.59. The number of anilines is 2. The van der Waals surface area contributed by atoms with E-state index in [2.05, 4.69) is 62.5 Å². The van der Waals surface area contributed by atoms with E-state index < -0.39 is 0 Å². The lowest BCUT2D eigenvalue weighted by Crippen LogP contribution is -2.43. The smallest absolute Gasteiger partial charge is 0.318 e. The highest BCUT2D eigenvalue weighted by molar-refractivity contribution is 6.36. The summed E-state index contributed by atoms with van der Waals surface area (Å²) < 4.78 is 8.74. The fourth-order valence-corrected chi connectivity index (χ4v) is 6.71. The molecule has 202 valence electrons. The zero-order valence-electron chi connectivity index (χ0n) is 22.6. The number of ether oxygens (including phenoxy) is 1. The van der Waals surface area contributed by atoms with Gasteiger partial charge in [0, 0.05) is 48.5 Å². The van der Waals surface area contributed by atoms with Crippen LogP contribution in [0.2, 0.25) is 5.02 Å². The summed E-state index contributed by atoms with van der Waals surface area (Å²) in [5.74, 6) is 1.01. The molecule has 2 aromatic heterocycles. The first kappa shape index (κ1) is 24.7. The van der Waals surface area contributed by atoms with Crippen LogP contribution in [0.3, 0.4) is 0 Å². The summed E-state index contributed by atoms with van der Waals surface area (Å²) in [6, 6.07) is 13.3. The van der Waals surface area contributed by atoms with Gasteiger partial charge in [-0.3, -0.25) is 0 Å². The number of imidazole rings is 1. The Hall–Kier alpha value is -3.36. The van der Waals surface area contributed by atoms with Crippen LogP contribution in [0.5, 0.6) is 6.01 Å². The first-order valence-electron chi connectivity index (χ1n) is 14.0. The number of aromatic nitrogens is 4. The van der Waals surface area contributed by atoms with Gasteiger partial charge in [-0.1, -0.05) is 35.9 Å². The number of likely N-dealkylation sites (N-methyl/N-ethyl adjacent to an activating group) is 1. The zero-order chi connectivity index (χ0) is 26.5. The Morgan fingerprint density at radius 1 is 1.03 bits per heavy atom. The van der Waals surface area contributed by atoms with Crippen LogP contribution in [0.4, 0.5) is 11.5 Å². The first-order valence-corrected chi connectivity index (χ1v) is 14.3. The molecule has 1 saturated heterocycles. The number of hydrogen-bond acceptors (Lipinski definition) is 7. The van der Waals surface area contributed by atoms with Gasteiger partial charge in [-0.2, -0.15) is 9.97 Å². The topological polar surface area (TPSA) is 62.6 Å². The van der Waals surface area contributed by atoms with Crippen LogP contribution in [0.25, 0.3) is 10.8 Å². The van der Waals surface area contributed by atoms with Gasteiger partial charge in [-0.15, -0.1) is 0 Å². The Balaban J connectivity index is 1.28. The van der Waals surface area contributed by atoms with E-state index in [0.717, 1.165) is 85.0 Å². The van der Waals surface area contributed by atoms with E-state index in [1.54, 1.807) is 0 Å². The van der Waals surface area contributed by atoms with Crippen LogP contribution < -0.4 is 14.5 Å². The number of rotatable bonds is 4. The molecule has 0 N–H and O–H groups in total. The third-order valence-electron chi connectivity index (χ3n) is 8.44. The van der Waals surface area contributed by atoms with Crippen molar-refractivity contribution in [1.29, 1.82) is 0 Å². The molecule has 0 radical (unpaired) electrons. The number of hydrogen-bond donors (Lipinski definition) is 0. The monoisotopic (exact) mass is 543 g/mol. The molecule has 1 fully saturated rings. The van der Waals surface area contributed by atoms with E-state index in [1.165, 1.54) is 11.3 Å². The van der Waals surface area contributed by atoms with Gasteiger partial charge in [-0.05, 0) is 57.3 Å². The average Bonchev–Trinajstić information content (AvgIpc) is 3.39. The third-order valence-corrected chi connectivity index (χ3v) is 8.76. The lowest BCUT2D eigenvalue weighted by atomic mass is 10.0. The van der Waals surface area contributed by atoms with Gasteiger partial charge in [0.15, 0.2) is 0 Å². The minimum Gasteiger partial charge on any atom is -0.459 e. The van der Waals surface area contributed by atoms with Crippen LogP contribution in [0, 0.1) is 0 Å². The van der Waals surface area contributed by atoms with Crippen molar-refractivity contribution < 1.29 is 4.74 Å². The Morgan fingerprint density at radius 2 is 1.90 bits per heavy atom. The summed E-state index contributed by atoms with van der Waals surface area (Å²) in [7, 11) is 2.15. The average molecular weight is 544 g/mol. The maximum atomic E-state index is 6.71. The number of halogens is 1. The fraction of sp³-hybridized carbons (Fsp3) is 0.433. The SMILES string of the molecule is C[C@@H]1Cn2cncc2CN1c1nc(O[C@@H]2CCCN(C)C2)nc2c1CCN(c1cccc3cccc(Cl)c13)C2. The van der Waals surface area contributed by atoms with Gasteiger partial charge < -0.3 is 24.0 Å². The minimum atomic E-state index is 0.103. The van der Waals surface area contributed by atoms with E-state index in [4.69, 9.17) is 26.3 Å². The highest BCUT2D eigenvalue weighted by Crippen LogP contribution is 2.38. The van der Waals surface area contributed by atoms with Crippen molar-refractivity contribution in [1.82, 2.24) is 24.4 Å². The maximum absolute atomic E-state index is 6.71. The highest BCUT2D eigenvalue weighted by Gasteiger charge is 2.32. The molecular weight excluding hydrogens is 510 g/mol. The lowest BCUT2D eigenvalue weighted by molar-refractivity contribution is 0.0952. The van der Waals surface area contributed by atoms with Crippen molar-refractivity contribution >= 4 is 33.9 Å². The van der Waals surface area contributed by atoms with Crippen molar-refractivity contribution in [3.8, 4) is 6.01 Å². The van der Waals surface area contributed by atoms with Crippen molar-refractivity contribution in [3.05, 3.63) is 70.9 Å². The second-order valence-corrected chi connectivity index (χ2v) is 11.6. The molecule has 7 rings (SSSR count). The van der Waals surface area contributed by atoms with Gasteiger partial charge in [0.25, 0.3) is 0 Å². The normalized spacial score (nSPS) is 21.6. The molecule has 0 amide bonds. The van der Waals surface area contributed by atoms with Gasteiger partial charge in [0.2, 0.25) is 0 Å². The van der Waals surface area contributed by atoms with E-state index in [9.17, 15) is 0 Å². The molecule has 5 heterocycles. The molecular formula is C30H34ClN7O. The molecule has 4 aromatic rings. The van der Waals surface area contributed by atoms with Gasteiger partial charge in [0.1, 0.15) is 11.9 Å². The van der Waals surface area contributed by atoms with Crippen molar-refractivity contribution in [3.63, 3.8) is 0 Å². The van der Waals surface area contributed by atoms with E-state index in [1.807, 2.05) is 24.7 Å². The molecule has 0 unspecified atom stereocenters. The first-order chi connectivity index (χ1) is 19.0. The molecule has 39 heavy (non-hydrogen) atoms. The second-order valence-electron chi connectivity index (χ2n) is 11.2. The van der Waals surface area contributed by atoms with Gasteiger partial charge >= 0.3 is 6.01 Å². The molecule has 8 nitrogen and oxygen atoms in total. The number of nitrogens with zero attached hydrogens (tertiary/aromatic N) is 7. The molecule has 3 aliphatic heterocycles. The number of likely N-dealkylation sites (tertiary alicyclic amines) is 1. The quantitative estimate of drug-likeness (QED) is 0.362. The van der Waals surface area contributed by atoms with E-state index in [-0.39, 0.29) is 12.1 Å². The Labute approximate surface area is 234 Å². The van der Waals surface area contributed by atoms with E-state index >= 15 is 0 Å². The molecule has 0 bridgehead atoms. The summed E-state index contributed by atoms with van der Waals surface area (Å²) in [6.45, 7) is 7.50. The molecule has 0 spiro atoms. The summed E-state index contributed by atoms with van der Waals surface area (Å²) in [5.41, 5.74) is 4.63. The predicted octanol–water partition coefficient (Wildman–Crippen LogP) is 4.92. The number of fused-ring (bicyclic) bond motifs is 3. The summed E-state index contributed by atoms with van der Waals surface area (Å²) in [4.78, 5) is 21.7. The standard InChI is InChI=1S/C30H34ClN7O/c1-20-15-37-19-32-14-22(37)16-38(20)29-24-11-13-36(27-10-4-7-21-6-3-9-25(31)28(21)27)18-26(24)33-30(34-29)39-23-8-5-12-35(2)17-23/h3-4,6-7,9-10,14,19-20,23H,5,8,11-13,15-18H2,1-2H3/t20-,23-/m1/s1. The second kappa shape index (κ2) is 9.99. The largest absolute Gasteiger partial charge is 0.459 e.